The molecule has 0 unspecified atom stereocenters. The van der Waals surface area contributed by atoms with Crippen molar-refractivity contribution in [3.63, 3.8) is 0 Å². The highest BCUT2D eigenvalue weighted by Crippen LogP contribution is 2.39. The van der Waals surface area contributed by atoms with Crippen molar-refractivity contribution < 1.29 is 0 Å². The van der Waals surface area contributed by atoms with Gasteiger partial charge in [0.1, 0.15) is 0 Å². The predicted octanol–water partition coefficient (Wildman–Crippen LogP) is 3.44. The molecule has 0 aliphatic heterocycles. The molecule has 1 aromatic carbocycles. The van der Waals surface area contributed by atoms with Gasteiger partial charge in [-0.05, 0) is 25.0 Å². The Labute approximate surface area is 129 Å². The largest absolute Gasteiger partial charge is 0.381 e. The molecule has 0 amide bonds. The Morgan fingerprint density at radius 1 is 1.33 bits per heavy atom. The number of anilines is 1. The minimum atomic E-state index is 0.534. The van der Waals surface area contributed by atoms with Gasteiger partial charge in [0.2, 0.25) is 0 Å². The second kappa shape index (κ2) is 6.41. The number of aromatic nitrogens is 2. The number of rotatable bonds is 5. The van der Waals surface area contributed by atoms with Crippen LogP contribution in [-0.2, 0) is 0 Å². The van der Waals surface area contributed by atoms with Gasteiger partial charge in [-0.1, -0.05) is 30.2 Å². The molecule has 4 nitrogen and oxygen atoms in total. The van der Waals surface area contributed by atoms with Gasteiger partial charge in [0.15, 0.2) is 5.82 Å². The Bertz CT molecular complexity index is 625. The molecular formula is C16H19ClN4. The molecule has 3 rings (SSSR count). The van der Waals surface area contributed by atoms with Gasteiger partial charge < -0.3 is 11.1 Å². The first-order valence-electron chi connectivity index (χ1n) is 7.35. The fraction of sp³-hybridized carbons (Fsp3) is 0.375. The van der Waals surface area contributed by atoms with Gasteiger partial charge in [-0.25, -0.2) is 9.97 Å². The fourth-order valence-corrected chi connectivity index (χ4v) is 2.69. The first-order valence-corrected chi connectivity index (χ1v) is 7.72. The van der Waals surface area contributed by atoms with E-state index >= 15 is 0 Å². The summed E-state index contributed by atoms with van der Waals surface area (Å²) in [4.78, 5) is 9.26. The Balaban J connectivity index is 1.95. The molecule has 1 heterocycles. The van der Waals surface area contributed by atoms with Crippen LogP contribution in [0.15, 0.2) is 30.5 Å². The van der Waals surface area contributed by atoms with Crippen molar-refractivity contribution in [2.24, 2.45) is 5.73 Å². The van der Waals surface area contributed by atoms with Gasteiger partial charge in [0.05, 0.1) is 17.6 Å². The minimum absolute atomic E-state index is 0.534. The maximum atomic E-state index is 6.05. The monoisotopic (exact) mass is 302 g/mol. The number of halogens is 1. The van der Waals surface area contributed by atoms with Crippen LogP contribution in [0, 0.1) is 0 Å². The molecule has 1 aliphatic carbocycles. The molecule has 3 N–H and O–H groups in total. The summed E-state index contributed by atoms with van der Waals surface area (Å²) < 4.78 is 0. The molecule has 0 bridgehead atoms. The van der Waals surface area contributed by atoms with Crippen LogP contribution in [0.3, 0.4) is 0 Å². The Kier molecular flexibility index (Phi) is 4.36. The van der Waals surface area contributed by atoms with Crippen LogP contribution in [0.25, 0.3) is 11.4 Å². The van der Waals surface area contributed by atoms with Crippen molar-refractivity contribution in [1.82, 2.24) is 9.97 Å². The summed E-state index contributed by atoms with van der Waals surface area (Å²) in [7, 11) is 0. The molecule has 0 spiro atoms. The summed E-state index contributed by atoms with van der Waals surface area (Å²) in [5.74, 6) is 1.27. The smallest absolute Gasteiger partial charge is 0.159 e. The third kappa shape index (κ3) is 3.17. The summed E-state index contributed by atoms with van der Waals surface area (Å²) >= 11 is 6.05. The van der Waals surface area contributed by atoms with Crippen LogP contribution >= 0.6 is 11.6 Å². The van der Waals surface area contributed by atoms with E-state index in [-0.39, 0.29) is 0 Å². The molecule has 2 aromatic rings. The van der Waals surface area contributed by atoms with Crippen LogP contribution in [0.2, 0.25) is 5.02 Å². The summed E-state index contributed by atoms with van der Waals surface area (Å²) in [6.45, 7) is 1.33. The molecule has 1 saturated carbocycles. The van der Waals surface area contributed by atoms with E-state index in [1.54, 1.807) is 0 Å². The number of nitrogens with zero attached hydrogens (tertiary/aromatic N) is 2. The van der Waals surface area contributed by atoms with Gasteiger partial charge in [-0.2, -0.15) is 0 Å². The highest BCUT2D eigenvalue weighted by Gasteiger charge is 2.24. The predicted molar refractivity (Wildman–Crippen MR) is 86.6 cm³/mol. The molecule has 110 valence electrons. The maximum absolute atomic E-state index is 6.05. The van der Waals surface area contributed by atoms with Gasteiger partial charge in [-0.15, -0.1) is 0 Å². The molecular weight excluding hydrogens is 284 g/mol. The first kappa shape index (κ1) is 14.3. The van der Waals surface area contributed by atoms with Crippen molar-refractivity contribution in [2.75, 3.05) is 18.4 Å². The van der Waals surface area contributed by atoms with E-state index in [9.17, 15) is 0 Å². The van der Waals surface area contributed by atoms with Gasteiger partial charge in [-0.3, -0.25) is 0 Å². The quantitative estimate of drug-likeness (QED) is 0.888. The van der Waals surface area contributed by atoms with Crippen LogP contribution < -0.4 is 11.1 Å². The highest BCUT2D eigenvalue weighted by molar-refractivity contribution is 6.30. The highest BCUT2D eigenvalue weighted by atomic mass is 35.5. The number of hydrogen-bond acceptors (Lipinski definition) is 4. The lowest BCUT2D eigenvalue weighted by atomic mass is 9.82. The van der Waals surface area contributed by atoms with Crippen LogP contribution in [0.4, 0.5) is 5.69 Å². The summed E-state index contributed by atoms with van der Waals surface area (Å²) in [5, 5.41) is 4.03. The number of hydrogen-bond donors (Lipinski definition) is 2. The van der Waals surface area contributed by atoms with Gasteiger partial charge >= 0.3 is 0 Å². The lowest BCUT2D eigenvalue weighted by Crippen LogP contribution is -2.18. The summed E-state index contributed by atoms with van der Waals surface area (Å²) in [6.07, 6.45) is 5.54. The van der Waals surface area contributed by atoms with E-state index in [2.05, 4.69) is 10.3 Å². The molecule has 1 aliphatic rings. The van der Waals surface area contributed by atoms with E-state index in [1.807, 2.05) is 30.5 Å². The zero-order chi connectivity index (χ0) is 14.7. The second-order valence-corrected chi connectivity index (χ2v) is 5.78. The van der Waals surface area contributed by atoms with E-state index in [0.29, 0.717) is 17.5 Å². The normalized spacial score (nSPS) is 14.8. The molecule has 1 aromatic heterocycles. The molecule has 0 radical (unpaired) electrons. The molecule has 1 fully saturated rings. The van der Waals surface area contributed by atoms with Gasteiger partial charge in [0.25, 0.3) is 0 Å². The SMILES string of the molecule is NCCNc1cnc(-c2cccc(Cl)c2)nc1C1CCC1. The van der Waals surface area contributed by atoms with Gasteiger partial charge in [0, 0.05) is 29.6 Å². The number of benzene rings is 1. The van der Waals surface area contributed by atoms with Crippen LogP contribution in [0.5, 0.6) is 0 Å². The fourth-order valence-electron chi connectivity index (χ4n) is 2.50. The topological polar surface area (TPSA) is 63.8 Å². The van der Waals surface area contributed by atoms with Crippen molar-refractivity contribution in [1.29, 1.82) is 0 Å². The Hall–Kier alpha value is -1.65. The average Bonchev–Trinajstić information content (AvgIpc) is 2.44. The average molecular weight is 303 g/mol. The molecule has 0 atom stereocenters. The first-order chi connectivity index (χ1) is 10.3. The van der Waals surface area contributed by atoms with Crippen LogP contribution in [0.1, 0.15) is 30.9 Å². The number of nitrogens with two attached hydrogens (primary N) is 1. The maximum Gasteiger partial charge on any atom is 0.159 e. The lowest BCUT2D eigenvalue weighted by Gasteiger charge is -2.27. The van der Waals surface area contributed by atoms with Crippen molar-refractivity contribution >= 4 is 17.3 Å². The lowest BCUT2D eigenvalue weighted by molar-refractivity contribution is 0.412. The van der Waals surface area contributed by atoms with Crippen molar-refractivity contribution in [3.8, 4) is 11.4 Å². The zero-order valence-corrected chi connectivity index (χ0v) is 12.6. The number of nitrogens with one attached hydrogen (secondary N) is 1. The van der Waals surface area contributed by atoms with Crippen LogP contribution in [-0.4, -0.2) is 23.1 Å². The third-order valence-corrected chi connectivity index (χ3v) is 4.09. The van der Waals surface area contributed by atoms with E-state index in [1.165, 1.54) is 19.3 Å². The standard InChI is InChI=1S/C16H19ClN4/c17-13-6-2-5-12(9-13)16-20-10-14(19-8-7-18)15(21-16)11-3-1-4-11/h2,5-6,9-11,19H,1,3-4,7-8,18H2. The Morgan fingerprint density at radius 3 is 2.86 bits per heavy atom. The minimum Gasteiger partial charge on any atom is -0.381 e. The third-order valence-electron chi connectivity index (χ3n) is 3.85. The van der Waals surface area contributed by atoms with Crippen molar-refractivity contribution in [3.05, 3.63) is 41.2 Å². The van der Waals surface area contributed by atoms with E-state index in [4.69, 9.17) is 22.3 Å². The van der Waals surface area contributed by atoms with Crippen molar-refractivity contribution in [2.45, 2.75) is 25.2 Å². The summed E-state index contributed by atoms with van der Waals surface area (Å²) in [5.41, 5.74) is 8.64. The zero-order valence-electron chi connectivity index (χ0n) is 11.8. The second-order valence-electron chi connectivity index (χ2n) is 5.35. The molecule has 21 heavy (non-hydrogen) atoms. The molecule has 0 saturated heterocycles. The van der Waals surface area contributed by atoms with E-state index in [0.717, 1.165) is 29.3 Å². The Morgan fingerprint density at radius 2 is 2.19 bits per heavy atom. The summed E-state index contributed by atoms with van der Waals surface area (Å²) in [6, 6.07) is 7.66. The molecule has 5 heteroatoms. The van der Waals surface area contributed by atoms with E-state index < -0.39 is 0 Å².